The topological polar surface area (TPSA) is 68.0 Å². The lowest BCUT2D eigenvalue weighted by Crippen LogP contribution is -2.19. The summed E-state index contributed by atoms with van der Waals surface area (Å²) in [6.45, 7) is 2.04. The molecule has 0 aliphatic carbocycles. The molecular formula is C15H15N3O. The molecule has 4 nitrogen and oxygen atoms in total. The van der Waals surface area contributed by atoms with Crippen molar-refractivity contribution in [2.45, 2.75) is 6.92 Å². The molecule has 0 aliphatic heterocycles. The Balaban J connectivity index is 2.25. The average Bonchev–Trinajstić information content (AvgIpc) is 2.39. The molecule has 1 aromatic heterocycles. The first-order valence-electron chi connectivity index (χ1n) is 5.91. The second-order valence-electron chi connectivity index (χ2n) is 4.16. The highest BCUT2D eigenvalue weighted by Crippen LogP contribution is 2.18. The highest BCUT2D eigenvalue weighted by molar-refractivity contribution is 5.87. The van der Waals surface area contributed by atoms with Crippen LogP contribution in [0.4, 0.5) is 10.6 Å². The number of hydrogen-bond donors (Lipinski definition) is 2. The van der Waals surface area contributed by atoms with Crippen LogP contribution in [0.3, 0.4) is 0 Å². The number of nitrogens with one attached hydrogen (secondary N) is 1. The molecule has 0 aliphatic rings. The maximum Gasteiger partial charge on any atom is 0.317 e. The Labute approximate surface area is 112 Å². The van der Waals surface area contributed by atoms with E-state index in [-0.39, 0.29) is 0 Å². The van der Waals surface area contributed by atoms with Crippen LogP contribution in [0.15, 0.2) is 48.7 Å². The molecule has 4 heteroatoms. The molecule has 0 saturated carbocycles. The van der Waals surface area contributed by atoms with E-state index in [2.05, 4.69) is 22.4 Å². The van der Waals surface area contributed by atoms with Crippen molar-refractivity contribution < 1.29 is 4.79 Å². The molecule has 0 radical (unpaired) electrons. The van der Waals surface area contributed by atoms with E-state index >= 15 is 0 Å². The van der Waals surface area contributed by atoms with Crippen molar-refractivity contribution in [1.82, 2.24) is 4.98 Å². The summed E-state index contributed by atoms with van der Waals surface area (Å²) >= 11 is 0. The maximum absolute atomic E-state index is 10.8. The number of allylic oxidation sites excluding steroid dienone is 1. The zero-order valence-electron chi connectivity index (χ0n) is 10.6. The van der Waals surface area contributed by atoms with Crippen LogP contribution < -0.4 is 11.1 Å². The summed E-state index contributed by atoms with van der Waals surface area (Å²) in [5, 5.41) is 2.46. The Morgan fingerprint density at radius 3 is 2.68 bits per heavy atom. The molecule has 0 bridgehead atoms. The molecular weight excluding hydrogens is 238 g/mol. The Kier molecular flexibility index (Phi) is 3.93. The Hall–Kier alpha value is -2.62. The SMILES string of the molecule is CC(=Cc1ccnc(NC(N)=O)c1)c1ccccc1. The van der Waals surface area contributed by atoms with Crippen LogP contribution in [0.5, 0.6) is 0 Å². The lowest BCUT2D eigenvalue weighted by atomic mass is 10.1. The number of carbonyl (C=O) groups is 1. The van der Waals surface area contributed by atoms with Crippen LogP contribution >= 0.6 is 0 Å². The standard InChI is InChI=1S/C15H15N3O/c1-11(13-5-3-2-4-6-13)9-12-7-8-17-14(10-12)18-15(16)19/h2-10H,1H3,(H3,16,17,18,19). The van der Waals surface area contributed by atoms with Gasteiger partial charge in [0.25, 0.3) is 0 Å². The van der Waals surface area contributed by atoms with Crippen LogP contribution in [-0.2, 0) is 0 Å². The van der Waals surface area contributed by atoms with Crippen LogP contribution in [-0.4, -0.2) is 11.0 Å². The summed E-state index contributed by atoms with van der Waals surface area (Å²) in [7, 11) is 0. The van der Waals surface area contributed by atoms with Crippen molar-refractivity contribution in [3.8, 4) is 0 Å². The Bertz CT molecular complexity index is 606. The summed E-state index contributed by atoms with van der Waals surface area (Å²) in [4.78, 5) is 14.8. The number of rotatable bonds is 3. The normalized spacial score (nSPS) is 11.1. The van der Waals surface area contributed by atoms with E-state index in [1.165, 1.54) is 0 Å². The van der Waals surface area contributed by atoms with Crippen molar-refractivity contribution in [2.75, 3.05) is 5.32 Å². The quantitative estimate of drug-likeness (QED) is 0.882. The molecule has 1 heterocycles. The molecule has 19 heavy (non-hydrogen) atoms. The Morgan fingerprint density at radius 1 is 1.26 bits per heavy atom. The number of pyridine rings is 1. The van der Waals surface area contributed by atoms with E-state index in [0.717, 1.165) is 16.7 Å². The van der Waals surface area contributed by atoms with Gasteiger partial charge in [-0.2, -0.15) is 0 Å². The minimum atomic E-state index is -0.617. The molecule has 3 N–H and O–H groups in total. The Morgan fingerprint density at radius 2 is 2.00 bits per heavy atom. The van der Waals surface area contributed by atoms with Gasteiger partial charge in [0.15, 0.2) is 0 Å². The second-order valence-corrected chi connectivity index (χ2v) is 4.16. The molecule has 2 amide bonds. The monoisotopic (exact) mass is 253 g/mol. The first-order chi connectivity index (χ1) is 9.15. The van der Waals surface area contributed by atoms with E-state index in [4.69, 9.17) is 5.73 Å². The van der Waals surface area contributed by atoms with E-state index in [0.29, 0.717) is 5.82 Å². The van der Waals surface area contributed by atoms with E-state index in [1.807, 2.05) is 37.3 Å². The maximum atomic E-state index is 10.8. The fourth-order valence-electron chi connectivity index (χ4n) is 1.77. The van der Waals surface area contributed by atoms with E-state index in [9.17, 15) is 4.79 Å². The van der Waals surface area contributed by atoms with E-state index < -0.39 is 6.03 Å². The van der Waals surface area contributed by atoms with Crippen LogP contribution in [0.2, 0.25) is 0 Å². The number of carbonyl (C=O) groups excluding carboxylic acids is 1. The lowest BCUT2D eigenvalue weighted by molar-refractivity contribution is 0.259. The van der Waals surface area contributed by atoms with Crippen molar-refractivity contribution in [3.63, 3.8) is 0 Å². The predicted octanol–water partition coefficient (Wildman–Crippen LogP) is 3.13. The molecule has 2 rings (SSSR count). The van der Waals surface area contributed by atoms with E-state index in [1.54, 1.807) is 12.3 Å². The highest BCUT2D eigenvalue weighted by Gasteiger charge is 1.99. The van der Waals surface area contributed by atoms with Crippen molar-refractivity contribution in [3.05, 3.63) is 59.8 Å². The minimum absolute atomic E-state index is 0.446. The van der Waals surface area contributed by atoms with Gasteiger partial charge in [0.1, 0.15) is 5.82 Å². The van der Waals surface area contributed by atoms with Crippen molar-refractivity contribution in [1.29, 1.82) is 0 Å². The number of hydrogen-bond acceptors (Lipinski definition) is 2. The van der Waals surface area contributed by atoms with Gasteiger partial charge in [-0.15, -0.1) is 0 Å². The van der Waals surface area contributed by atoms with Gasteiger partial charge in [0, 0.05) is 6.20 Å². The minimum Gasteiger partial charge on any atom is -0.351 e. The first kappa shape index (κ1) is 12.8. The fourth-order valence-corrected chi connectivity index (χ4v) is 1.77. The van der Waals surface area contributed by atoms with Crippen LogP contribution in [0.1, 0.15) is 18.1 Å². The average molecular weight is 253 g/mol. The zero-order chi connectivity index (χ0) is 13.7. The summed E-state index contributed by atoms with van der Waals surface area (Å²) in [6, 6.07) is 13.1. The molecule has 0 saturated heterocycles. The summed E-state index contributed by atoms with van der Waals surface area (Å²) in [5.41, 5.74) is 8.31. The number of urea groups is 1. The summed E-state index contributed by atoms with van der Waals surface area (Å²) in [6.07, 6.45) is 3.67. The third-order valence-corrected chi connectivity index (χ3v) is 2.65. The van der Waals surface area contributed by atoms with Gasteiger partial charge in [-0.05, 0) is 35.8 Å². The van der Waals surface area contributed by atoms with Gasteiger partial charge >= 0.3 is 6.03 Å². The number of primary amides is 1. The van der Waals surface area contributed by atoms with Crippen LogP contribution in [0, 0.1) is 0 Å². The molecule has 96 valence electrons. The smallest absolute Gasteiger partial charge is 0.317 e. The fraction of sp³-hybridized carbons (Fsp3) is 0.0667. The summed E-state index contributed by atoms with van der Waals surface area (Å²) < 4.78 is 0. The molecule has 0 spiro atoms. The predicted molar refractivity (Wildman–Crippen MR) is 77.4 cm³/mol. The van der Waals surface area contributed by atoms with Gasteiger partial charge in [-0.3, -0.25) is 5.32 Å². The third kappa shape index (κ3) is 3.67. The lowest BCUT2D eigenvalue weighted by Gasteiger charge is -2.04. The van der Waals surface area contributed by atoms with Gasteiger partial charge in [-0.1, -0.05) is 36.4 Å². The molecule has 0 unspecified atom stereocenters. The molecule has 1 aromatic carbocycles. The number of benzene rings is 1. The number of anilines is 1. The second kappa shape index (κ2) is 5.82. The number of nitrogens with zero attached hydrogens (tertiary/aromatic N) is 1. The third-order valence-electron chi connectivity index (χ3n) is 2.65. The number of amides is 2. The summed E-state index contributed by atoms with van der Waals surface area (Å²) in [5.74, 6) is 0.446. The van der Waals surface area contributed by atoms with Gasteiger partial charge in [0.05, 0.1) is 0 Å². The van der Waals surface area contributed by atoms with Gasteiger partial charge in [-0.25, -0.2) is 9.78 Å². The first-order valence-corrected chi connectivity index (χ1v) is 5.91. The molecule has 2 aromatic rings. The van der Waals surface area contributed by atoms with Crippen LogP contribution in [0.25, 0.3) is 11.6 Å². The zero-order valence-corrected chi connectivity index (χ0v) is 10.6. The van der Waals surface area contributed by atoms with Gasteiger partial charge in [0.2, 0.25) is 0 Å². The highest BCUT2D eigenvalue weighted by atomic mass is 16.2. The largest absolute Gasteiger partial charge is 0.351 e. The number of aromatic nitrogens is 1. The van der Waals surface area contributed by atoms with Crippen molar-refractivity contribution in [2.24, 2.45) is 5.73 Å². The molecule has 0 fully saturated rings. The molecule has 0 atom stereocenters. The number of nitrogens with two attached hydrogens (primary N) is 1. The van der Waals surface area contributed by atoms with Gasteiger partial charge < -0.3 is 5.73 Å². The van der Waals surface area contributed by atoms with Crippen molar-refractivity contribution >= 4 is 23.5 Å².